The highest BCUT2D eigenvalue weighted by Gasteiger charge is 2.06. The second-order valence-corrected chi connectivity index (χ2v) is 2.92. The van der Waals surface area contributed by atoms with Gasteiger partial charge in [0.2, 0.25) is 5.91 Å². The van der Waals surface area contributed by atoms with Gasteiger partial charge in [0.25, 0.3) is 0 Å². The molecule has 0 bridgehead atoms. The molecule has 0 rings (SSSR count). The maximum absolute atomic E-state index is 10.9. The van der Waals surface area contributed by atoms with Crippen molar-refractivity contribution in [1.82, 2.24) is 15.8 Å². The second-order valence-electron chi connectivity index (χ2n) is 2.92. The molecule has 86 valence electrons. The predicted molar refractivity (Wildman–Crippen MR) is 57.8 cm³/mol. The Morgan fingerprint density at radius 1 is 1.67 bits per heavy atom. The van der Waals surface area contributed by atoms with Crippen molar-refractivity contribution in [3.8, 4) is 0 Å². The lowest BCUT2D eigenvalue weighted by atomic mass is 10.3. The van der Waals surface area contributed by atoms with Crippen molar-refractivity contribution in [1.29, 1.82) is 0 Å². The number of carbonyl (C=O) groups is 2. The highest BCUT2D eigenvalue weighted by atomic mass is 16.4. The number of carbonyl (C=O) groups excluding carboxylic acids is 2. The fourth-order valence-corrected chi connectivity index (χ4v) is 0.950. The number of nitrogens with two attached hydrogens (primary N) is 1. The van der Waals surface area contributed by atoms with Gasteiger partial charge in [-0.3, -0.25) is 9.80 Å². The van der Waals surface area contributed by atoms with Crippen molar-refractivity contribution in [2.75, 3.05) is 20.1 Å². The number of primary amides is 1. The molecule has 0 aliphatic heterocycles. The van der Waals surface area contributed by atoms with E-state index in [-0.39, 0.29) is 5.91 Å². The number of nitrogens with one attached hydrogen (secondary N) is 2. The lowest BCUT2D eigenvalue weighted by Crippen LogP contribution is -2.46. The van der Waals surface area contributed by atoms with Crippen molar-refractivity contribution in [3.63, 3.8) is 0 Å². The summed E-state index contributed by atoms with van der Waals surface area (Å²) in [4.78, 5) is 21.7. The van der Waals surface area contributed by atoms with Crippen LogP contribution in [0, 0.1) is 0 Å². The summed E-state index contributed by atoms with van der Waals surface area (Å²) < 4.78 is 0. The molecule has 6 heteroatoms. The number of amides is 3. The van der Waals surface area contributed by atoms with Crippen LogP contribution >= 0.6 is 0 Å². The SMILES string of the molecule is C=CCN(NCCCC(=O)NC)[14C](N)=O. The summed E-state index contributed by atoms with van der Waals surface area (Å²) in [6, 6.07) is -0.560. The molecule has 0 saturated carbocycles. The Hall–Kier alpha value is -1.56. The topological polar surface area (TPSA) is 87.5 Å². The number of rotatable bonds is 7. The van der Waals surface area contributed by atoms with Gasteiger partial charge in [0.15, 0.2) is 0 Å². The van der Waals surface area contributed by atoms with Gasteiger partial charge in [0.1, 0.15) is 0 Å². The summed E-state index contributed by atoms with van der Waals surface area (Å²) in [5.74, 6) is -0.0221. The van der Waals surface area contributed by atoms with Gasteiger partial charge >= 0.3 is 6.03 Å². The van der Waals surface area contributed by atoms with Gasteiger partial charge in [-0.1, -0.05) is 6.08 Å². The Balaban J connectivity index is 3.66. The Morgan fingerprint density at radius 2 is 2.33 bits per heavy atom. The molecule has 6 nitrogen and oxygen atoms in total. The molecular formula is C9H18N4O2. The van der Waals surface area contributed by atoms with E-state index in [1.54, 1.807) is 13.1 Å². The van der Waals surface area contributed by atoms with Crippen LogP contribution in [0.1, 0.15) is 12.8 Å². The van der Waals surface area contributed by atoms with Crippen molar-refractivity contribution in [2.45, 2.75) is 12.8 Å². The van der Waals surface area contributed by atoms with Crippen LogP contribution in [0.25, 0.3) is 0 Å². The zero-order valence-corrected chi connectivity index (χ0v) is 8.95. The largest absolute Gasteiger partial charge is 0.359 e. The van der Waals surface area contributed by atoms with Crippen molar-refractivity contribution < 1.29 is 9.59 Å². The van der Waals surface area contributed by atoms with Crippen LogP contribution in [0.15, 0.2) is 12.7 Å². The van der Waals surface area contributed by atoms with E-state index in [1.165, 1.54) is 5.01 Å². The first kappa shape index (κ1) is 13.4. The zero-order chi connectivity index (χ0) is 11.7. The molecule has 0 spiro atoms. The summed E-state index contributed by atoms with van der Waals surface area (Å²) in [7, 11) is 1.59. The van der Waals surface area contributed by atoms with Crippen LogP contribution in [0.3, 0.4) is 0 Å². The third kappa shape index (κ3) is 6.50. The van der Waals surface area contributed by atoms with E-state index in [9.17, 15) is 9.59 Å². The highest BCUT2D eigenvalue weighted by Crippen LogP contribution is 1.88. The standard InChI is InChI=1S/C9H18N4O2/c1-3-7-13(9(10)15)12-6-4-5-8(14)11-2/h3,12H,1,4-7H2,2H3,(H2,10,15)(H,11,14)/i9+2. The minimum atomic E-state index is -0.560. The number of nitrogens with zero attached hydrogens (tertiary/aromatic N) is 1. The predicted octanol–water partition coefficient (Wildman–Crippen LogP) is -0.416. The van der Waals surface area contributed by atoms with Crippen LogP contribution in [-0.2, 0) is 4.79 Å². The zero-order valence-electron chi connectivity index (χ0n) is 8.95. The molecule has 0 aromatic heterocycles. The molecule has 0 aromatic carbocycles. The third-order valence-electron chi connectivity index (χ3n) is 1.74. The molecule has 0 unspecified atom stereocenters. The Bertz CT molecular complexity index is 230. The molecule has 0 aliphatic rings. The first-order valence-electron chi connectivity index (χ1n) is 4.73. The van der Waals surface area contributed by atoms with Gasteiger partial charge in [-0.15, -0.1) is 6.58 Å². The van der Waals surface area contributed by atoms with E-state index in [2.05, 4.69) is 17.3 Å². The van der Waals surface area contributed by atoms with Crippen LogP contribution < -0.4 is 16.5 Å². The third-order valence-corrected chi connectivity index (χ3v) is 1.74. The Labute approximate surface area is 89.5 Å². The molecular weight excluding hydrogens is 198 g/mol. The summed E-state index contributed by atoms with van der Waals surface area (Å²) in [6.07, 6.45) is 2.63. The van der Waals surface area contributed by atoms with Crippen molar-refractivity contribution >= 4 is 11.9 Å². The summed E-state index contributed by atoms with van der Waals surface area (Å²) in [5.41, 5.74) is 7.90. The van der Waals surface area contributed by atoms with Crippen LogP contribution in [0.2, 0.25) is 0 Å². The fraction of sp³-hybridized carbons (Fsp3) is 0.556. The maximum Gasteiger partial charge on any atom is 0.329 e. The van der Waals surface area contributed by atoms with Crippen LogP contribution in [-0.4, -0.2) is 37.1 Å². The maximum atomic E-state index is 10.9. The molecule has 15 heavy (non-hydrogen) atoms. The second kappa shape index (κ2) is 7.81. The molecule has 0 atom stereocenters. The van der Waals surface area contributed by atoms with E-state index in [4.69, 9.17) is 5.73 Å². The quantitative estimate of drug-likeness (QED) is 0.307. The van der Waals surface area contributed by atoms with Crippen molar-refractivity contribution in [2.24, 2.45) is 5.73 Å². The molecule has 3 amide bonds. The normalized spacial score (nSPS) is 9.40. The number of hydrogen-bond donors (Lipinski definition) is 3. The van der Waals surface area contributed by atoms with Gasteiger partial charge < -0.3 is 11.1 Å². The van der Waals surface area contributed by atoms with Gasteiger partial charge in [-0.05, 0) is 6.42 Å². The molecule has 0 heterocycles. The van der Waals surface area contributed by atoms with Gasteiger partial charge in [-0.25, -0.2) is 10.2 Å². The van der Waals surface area contributed by atoms with E-state index in [0.717, 1.165) is 0 Å². The van der Waals surface area contributed by atoms with E-state index in [0.29, 0.717) is 25.9 Å². The average Bonchev–Trinajstić information content (AvgIpc) is 2.21. The molecule has 0 aliphatic carbocycles. The number of urea groups is 1. The van der Waals surface area contributed by atoms with Gasteiger partial charge in [0, 0.05) is 20.0 Å². The smallest absolute Gasteiger partial charge is 0.329 e. The molecule has 4 N–H and O–H groups in total. The Morgan fingerprint density at radius 3 is 2.80 bits per heavy atom. The van der Waals surface area contributed by atoms with Crippen LogP contribution in [0.4, 0.5) is 4.79 Å². The molecule has 0 aromatic rings. The summed E-state index contributed by atoms with van der Waals surface area (Å²) >= 11 is 0. The minimum absolute atomic E-state index is 0.0221. The first-order chi connectivity index (χ1) is 7.11. The van der Waals surface area contributed by atoms with Gasteiger partial charge in [-0.2, -0.15) is 0 Å². The molecule has 0 saturated heterocycles. The lowest BCUT2D eigenvalue weighted by Gasteiger charge is -2.19. The monoisotopic (exact) mass is 216 g/mol. The first-order valence-corrected chi connectivity index (χ1v) is 4.73. The molecule has 0 radical (unpaired) electrons. The number of hydrazine groups is 1. The van der Waals surface area contributed by atoms with E-state index >= 15 is 0 Å². The summed E-state index contributed by atoms with van der Waals surface area (Å²) in [6.45, 7) is 4.36. The highest BCUT2D eigenvalue weighted by molar-refractivity contribution is 5.75. The van der Waals surface area contributed by atoms with E-state index < -0.39 is 6.03 Å². The average molecular weight is 216 g/mol. The van der Waals surface area contributed by atoms with E-state index in [1.807, 2.05) is 0 Å². The lowest BCUT2D eigenvalue weighted by molar-refractivity contribution is -0.120. The fourth-order valence-electron chi connectivity index (χ4n) is 0.950. The van der Waals surface area contributed by atoms with Crippen LogP contribution in [0.5, 0.6) is 0 Å². The van der Waals surface area contributed by atoms with Gasteiger partial charge in [0.05, 0.1) is 6.54 Å². The minimum Gasteiger partial charge on any atom is -0.359 e. The molecule has 0 fully saturated rings. The number of hydrogen-bond acceptors (Lipinski definition) is 3. The van der Waals surface area contributed by atoms with Crippen molar-refractivity contribution in [3.05, 3.63) is 12.7 Å². The summed E-state index contributed by atoms with van der Waals surface area (Å²) in [5, 5.41) is 3.76. The Kier molecular flexibility index (Phi) is 7.00.